The lowest BCUT2D eigenvalue weighted by Crippen LogP contribution is -2.30. The molecule has 0 saturated carbocycles. The number of aromatic nitrogens is 3. The predicted molar refractivity (Wildman–Crippen MR) is 83.6 cm³/mol. The first kappa shape index (κ1) is 19.3. The molecule has 0 unspecified atom stereocenters. The highest BCUT2D eigenvalue weighted by Crippen LogP contribution is 2.13. The Morgan fingerprint density at radius 1 is 0.870 bits per heavy atom. The SMILES string of the molecule is CN(CCS(=O)(=O)O)c1nc(N)nc(N(C)CCS(=O)(=O)O)n1. The topological polar surface area (TPSA) is 180 Å². The van der Waals surface area contributed by atoms with Crippen molar-refractivity contribution in [2.75, 3.05) is 54.2 Å². The Morgan fingerprint density at radius 3 is 1.52 bits per heavy atom. The third kappa shape index (κ3) is 7.36. The van der Waals surface area contributed by atoms with Gasteiger partial charge in [0, 0.05) is 27.2 Å². The summed E-state index contributed by atoms with van der Waals surface area (Å²) >= 11 is 0. The summed E-state index contributed by atoms with van der Waals surface area (Å²) in [6.45, 7) is -0.174. The number of nitrogen functional groups attached to an aromatic ring is 1. The van der Waals surface area contributed by atoms with Gasteiger partial charge in [0.15, 0.2) is 0 Å². The van der Waals surface area contributed by atoms with Crippen LogP contribution in [-0.4, -0.2) is 79.6 Å². The number of anilines is 3. The quantitative estimate of drug-likeness (QED) is 0.433. The van der Waals surface area contributed by atoms with Crippen LogP contribution in [-0.2, 0) is 20.2 Å². The summed E-state index contributed by atoms with van der Waals surface area (Å²) in [5, 5.41) is 0. The molecule has 0 fully saturated rings. The van der Waals surface area contributed by atoms with E-state index in [0.29, 0.717) is 0 Å². The highest BCUT2D eigenvalue weighted by Gasteiger charge is 2.15. The molecule has 23 heavy (non-hydrogen) atoms. The van der Waals surface area contributed by atoms with E-state index in [9.17, 15) is 16.8 Å². The summed E-state index contributed by atoms with van der Waals surface area (Å²) in [5.74, 6) is -1.10. The molecule has 0 aromatic carbocycles. The van der Waals surface area contributed by atoms with Gasteiger partial charge in [0.25, 0.3) is 20.2 Å². The van der Waals surface area contributed by atoms with Gasteiger partial charge in [0.1, 0.15) is 0 Å². The Hall–Kier alpha value is -1.77. The number of hydrogen-bond acceptors (Lipinski definition) is 10. The summed E-state index contributed by atoms with van der Waals surface area (Å²) in [4.78, 5) is 14.4. The van der Waals surface area contributed by atoms with Crippen molar-refractivity contribution in [2.45, 2.75) is 0 Å². The first-order valence-electron chi connectivity index (χ1n) is 6.21. The molecule has 12 nitrogen and oxygen atoms in total. The van der Waals surface area contributed by atoms with E-state index in [4.69, 9.17) is 14.8 Å². The molecule has 1 rings (SSSR count). The summed E-state index contributed by atoms with van der Waals surface area (Å²) in [7, 11) is -5.30. The number of hydrogen-bond donors (Lipinski definition) is 3. The van der Waals surface area contributed by atoms with Crippen LogP contribution in [0.15, 0.2) is 0 Å². The molecular weight excluding hydrogens is 352 g/mol. The molecule has 0 aliphatic rings. The van der Waals surface area contributed by atoms with E-state index in [1.807, 2.05) is 0 Å². The zero-order valence-corrected chi connectivity index (χ0v) is 14.1. The molecular formula is C9H18N6O6S2. The molecule has 0 aliphatic heterocycles. The number of nitrogens with zero attached hydrogens (tertiary/aromatic N) is 5. The molecule has 0 aliphatic carbocycles. The zero-order chi connectivity index (χ0) is 17.8. The van der Waals surface area contributed by atoms with Gasteiger partial charge in [-0.05, 0) is 0 Å². The van der Waals surface area contributed by atoms with Crippen LogP contribution < -0.4 is 15.5 Å². The van der Waals surface area contributed by atoms with Gasteiger partial charge in [-0.2, -0.15) is 31.8 Å². The summed E-state index contributed by atoms with van der Waals surface area (Å²) in [5.41, 5.74) is 5.55. The van der Waals surface area contributed by atoms with Crippen molar-refractivity contribution in [3.05, 3.63) is 0 Å². The van der Waals surface area contributed by atoms with Crippen LogP contribution in [0.25, 0.3) is 0 Å². The fraction of sp³-hybridized carbons (Fsp3) is 0.667. The molecule has 0 saturated heterocycles. The second-order valence-electron chi connectivity index (χ2n) is 4.71. The van der Waals surface area contributed by atoms with Crippen LogP contribution >= 0.6 is 0 Å². The summed E-state index contributed by atoms with van der Waals surface area (Å²) in [6.07, 6.45) is 0. The molecule has 1 aromatic heterocycles. The van der Waals surface area contributed by atoms with Gasteiger partial charge in [-0.25, -0.2) is 0 Å². The monoisotopic (exact) mass is 370 g/mol. The fourth-order valence-corrected chi connectivity index (χ4v) is 2.42. The molecule has 0 atom stereocenters. The van der Waals surface area contributed by atoms with Crippen LogP contribution in [0.1, 0.15) is 0 Å². The maximum absolute atomic E-state index is 10.8. The molecule has 0 amide bonds. The lowest BCUT2D eigenvalue weighted by Gasteiger charge is -2.20. The average molecular weight is 370 g/mol. The highest BCUT2D eigenvalue weighted by molar-refractivity contribution is 7.86. The first-order valence-corrected chi connectivity index (χ1v) is 9.43. The van der Waals surface area contributed by atoms with Gasteiger partial charge >= 0.3 is 0 Å². The van der Waals surface area contributed by atoms with Crippen molar-refractivity contribution >= 4 is 38.1 Å². The summed E-state index contributed by atoms with van der Waals surface area (Å²) < 4.78 is 60.5. The zero-order valence-electron chi connectivity index (χ0n) is 12.5. The molecule has 1 aromatic rings. The molecule has 0 radical (unpaired) electrons. The molecule has 132 valence electrons. The van der Waals surface area contributed by atoms with Gasteiger partial charge in [-0.3, -0.25) is 9.11 Å². The average Bonchev–Trinajstić information content (AvgIpc) is 2.39. The first-order chi connectivity index (χ1) is 10.4. The minimum absolute atomic E-state index is 0.0508. The van der Waals surface area contributed by atoms with Gasteiger partial charge in [-0.1, -0.05) is 0 Å². The second-order valence-corrected chi connectivity index (χ2v) is 7.85. The Kier molecular flexibility index (Phi) is 6.04. The Balaban J connectivity index is 2.89. The van der Waals surface area contributed by atoms with Crippen molar-refractivity contribution in [2.24, 2.45) is 0 Å². The largest absolute Gasteiger partial charge is 0.368 e. The maximum Gasteiger partial charge on any atom is 0.266 e. The van der Waals surface area contributed by atoms with Crippen molar-refractivity contribution < 1.29 is 25.9 Å². The Morgan fingerprint density at radius 2 is 1.22 bits per heavy atom. The van der Waals surface area contributed by atoms with E-state index in [0.717, 1.165) is 0 Å². The van der Waals surface area contributed by atoms with Crippen LogP contribution in [0.2, 0.25) is 0 Å². The van der Waals surface area contributed by atoms with Crippen LogP contribution in [0.4, 0.5) is 17.8 Å². The van der Waals surface area contributed by atoms with E-state index in [1.165, 1.54) is 23.9 Å². The fourth-order valence-electron chi connectivity index (χ4n) is 1.42. The second kappa shape index (κ2) is 7.20. The van der Waals surface area contributed by atoms with Gasteiger partial charge in [0.05, 0.1) is 11.5 Å². The van der Waals surface area contributed by atoms with E-state index >= 15 is 0 Å². The van der Waals surface area contributed by atoms with Gasteiger partial charge < -0.3 is 15.5 Å². The maximum atomic E-state index is 10.8. The lowest BCUT2D eigenvalue weighted by molar-refractivity contribution is 0.480. The third-order valence-electron chi connectivity index (χ3n) is 2.68. The molecule has 4 N–H and O–H groups in total. The lowest BCUT2D eigenvalue weighted by atomic mass is 10.6. The smallest absolute Gasteiger partial charge is 0.266 e. The minimum Gasteiger partial charge on any atom is -0.368 e. The van der Waals surface area contributed by atoms with Gasteiger partial charge in [0.2, 0.25) is 17.8 Å². The van der Waals surface area contributed by atoms with E-state index in [-0.39, 0.29) is 30.9 Å². The number of rotatable bonds is 8. The molecule has 1 heterocycles. The Bertz CT molecular complexity index is 692. The minimum atomic E-state index is -4.14. The molecule has 0 spiro atoms. The van der Waals surface area contributed by atoms with E-state index in [1.54, 1.807) is 0 Å². The third-order valence-corrected chi connectivity index (χ3v) is 4.08. The van der Waals surface area contributed by atoms with E-state index < -0.39 is 31.7 Å². The van der Waals surface area contributed by atoms with Crippen molar-refractivity contribution in [1.82, 2.24) is 15.0 Å². The van der Waals surface area contributed by atoms with Crippen LogP contribution in [0.3, 0.4) is 0 Å². The predicted octanol–water partition coefficient (Wildman–Crippen LogP) is -1.90. The van der Waals surface area contributed by atoms with Crippen LogP contribution in [0.5, 0.6) is 0 Å². The van der Waals surface area contributed by atoms with E-state index in [2.05, 4.69) is 15.0 Å². The van der Waals surface area contributed by atoms with Crippen molar-refractivity contribution in [3.63, 3.8) is 0 Å². The van der Waals surface area contributed by atoms with Crippen molar-refractivity contribution in [1.29, 1.82) is 0 Å². The van der Waals surface area contributed by atoms with Crippen molar-refractivity contribution in [3.8, 4) is 0 Å². The van der Waals surface area contributed by atoms with Crippen LogP contribution in [0, 0.1) is 0 Å². The molecule has 0 bridgehead atoms. The van der Waals surface area contributed by atoms with Gasteiger partial charge in [-0.15, -0.1) is 0 Å². The normalized spacial score (nSPS) is 12.2. The summed E-state index contributed by atoms with van der Waals surface area (Å²) in [6, 6.07) is 0. The highest BCUT2D eigenvalue weighted by atomic mass is 32.2. The Labute approximate surface area is 133 Å². The molecule has 14 heteroatoms. The standard InChI is InChI=1S/C9H18N6O6S2/c1-14(3-5-22(16,17)18)8-11-7(10)12-9(13-8)15(2)4-6-23(19,20)21/h3-6H2,1-2H3,(H,16,17,18)(H,19,20,21)(H2,10,11,12,13). The number of nitrogens with two attached hydrogens (primary N) is 1.